The summed E-state index contributed by atoms with van der Waals surface area (Å²) < 4.78 is 0. The zero-order chi connectivity index (χ0) is 39.1. The van der Waals surface area contributed by atoms with Crippen LogP contribution < -0.4 is 4.90 Å². The van der Waals surface area contributed by atoms with Gasteiger partial charge in [-0.3, -0.25) is 0 Å². The number of anilines is 3. The molecule has 0 aromatic heterocycles. The van der Waals surface area contributed by atoms with E-state index in [-0.39, 0.29) is 0 Å². The zero-order valence-electron chi connectivity index (χ0n) is 32.5. The lowest BCUT2D eigenvalue weighted by Gasteiger charge is -2.29. The summed E-state index contributed by atoms with van der Waals surface area (Å²) in [5, 5.41) is 9.91. The Hall–Kier alpha value is -7.74. The van der Waals surface area contributed by atoms with Crippen LogP contribution in [0.4, 0.5) is 17.1 Å². The van der Waals surface area contributed by atoms with E-state index in [9.17, 15) is 0 Å². The van der Waals surface area contributed by atoms with Gasteiger partial charge in [-0.25, -0.2) is 0 Å². The van der Waals surface area contributed by atoms with Crippen molar-refractivity contribution in [3.05, 3.63) is 237 Å². The van der Waals surface area contributed by atoms with Crippen molar-refractivity contribution in [3.8, 4) is 44.5 Å². The van der Waals surface area contributed by atoms with Gasteiger partial charge in [-0.1, -0.05) is 200 Å². The van der Waals surface area contributed by atoms with E-state index in [0.717, 1.165) is 17.1 Å². The zero-order valence-corrected chi connectivity index (χ0v) is 32.5. The average molecular weight is 750 g/mol. The summed E-state index contributed by atoms with van der Waals surface area (Å²) in [5.74, 6) is 0. The van der Waals surface area contributed by atoms with Crippen molar-refractivity contribution in [2.24, 2.45) is 0 Å². The Bertz CT molecular complexity index is 3310. The van der Waals surface area contributed by atoms with E-state index in [1.807, 2.05) is 0 Å². The van der Waals surface area contributed by atoms with Gasteiger partial charge in [-0.05, 0) is 119 Å². The fraction of sp³-hybridized carbons (Fsp3) is 0. The maximum absolute atomic E-state index is 2.48. The van der Waals surface area contributed by atoms with Crippen LogP contribution in [0.3, 0.4) is 0 Å². The van der Waals surface area contributed by atoms with Gasteiger partial charge in [0.2, 0.25) is 0 Å². The largest absolute Gasteiger partial charge is 0.310 e. The Labute approximate surface area is 344 Å². The number of rotatable bonds is 7. The van der Waals surface area contributed by atoms with E-state index >= 15 is 0 Å². The van der Waals surface area contributed by atoms with Crippen LogP contribution in [-0.2, 0) is 0 Å². The summed E-state index contributed by atoms with van der Waals surface area (Å²) >= 11 is 0. The van der Waals surface area contributed by atoms with Crippen molar-refractivity contribution in [2.45, 2.75) is 0 Å². The first-order chi connectivity index (χ1) is 29.3. The number of benzene rings is 11. The fourth-order valence-corrected chi connectivity index (χ4v) is 9.08. The van der Waals surface area contributed by atoms with E-state index in [1.54, 1.807) is 0 Å². The first kappa shape index (κ1) is 34.5. The van der Waals surface area contributed by atoms with Crippen LogP contribution in [0.15, 0.2) is 237 Å². The summed E-state index contributed by atoms with van der Waals surface area (Å²) in [6.07, 6.45) is 0. The molecule has 0 aliphatic carbocycles. The second-order valence-corrected chi connectivity index (χ2v) is 15.2. The van der Waals surface area contributed by atoms with Crippen LogP contribution in [0, 0.1) is 0 Å². The standard InChI is InChI=1S/C58H39N/c1-4-18-40(19-5-1)49-34-32-45(38-55(49)41-20-6-2-7-21-41)59(58-37-44-25-11-13-27-48(44)51-29-16-17-31-54(51)58)46-33-35-53(56(39-46)42-22-8-3-9-23-42)57-36-43-24-10-12-26-47(43)50-28-14-15-30-52(50)57/h1-39H. The fourth-order valence-electron chi connectivity index (χ4n) is 9.08. The molecule has 11 aromatic rings. The van der Waals surface area contributed by atoms with E-state index in [2.05, 4.69) is 241 Å². The minimum Gasteiger partial charge on any atom is -0.310 e. The summed E-state index contributed by atoms with van der Waals surface area (Å²) in [7, 11) is 0. The molecular weight excluding hydrogens is 711 g/mol. The molecule has 0 fully saturated rings. The molecule has 11 rings (SSSR count). The van der Waals surface area contributed by atoms with Crippen molar-refractivity contribution in [1.82, 2.24) is 0 Å². The highest BCUT2D eigenvalue weighted by Crippen LogP contribution is 2.47. The molecule has 11 aromatic carbocycles. The Morgan fingerprint density at radius 1 is 0.220 bits per heavy atom. The molecule has 1 nitrogen and oxygen atoms in total. The molecule has 0 unspecified atom stereocenters. The summed E-state index contributed by atoms with van der Waals surface area (Å²) in [4.78, 5) is 2.48. The quantitative estimate of drug-likeness (QED) is 0.147. The van der Waals surface area contributed by atoms with Crippen LogP contribution in [-0.4, -0.2) is 0 Å². The van der Waals surface area contributed by atoms with Crippen LogP contribution in [0.25, 0.3) is 87.6 Å². The summed E-state index contributed by atoms with van der Waals surface area (Å²) in [6.45, 7) is 0. The summed E-state index contributed by atoms with van der Waals surface area (Å²) in [5.41, 5.74) is 12.9. The molecule has 0 saturated carbocycles. The first-order valence-corrected chi connectivity index (χ1v) is 20.3. The molecule has 0 bridgehead atoms. The maximum Gasteiger partial charge on any atom is 0.0546 e. The Kier molecular flexibility index (Phi) is 8.56. The molecule has 0 radical (unpaired) electrons. The van der Waals surface area contributed by atoms with Crippen molar-refractivity contribution >= 4 is 60.2 Å². The smallest absolute Gasteiger partial charge is 0.0546 e. The van der Waals surface area contributed by atoms with Gasteiger partial charge in [0.15, 0.2) is 0 Å². The Morgan fingerprint density at radius 2 is 0.610 bits per heavy atom. The van der Waals surface area contributed by atoms with E-state index in [0.29, 0.717) is 0 Å². The second kappa shape index (κ2) is 14.6. The van der Waals surface area contributed by atoms with Crippen molar-refractivity contribution in [2.75, 3.05) is 4.90 Å². The third-order valence-corrected chi connectivity index (χ3v) is 11.8. The van der Waals surface area contributed by atoms with Crippen molar-refractivity contribution in [3.63, 3.8) is 0 Å². The highest BCUT2D eigenvalue weighted by atomic mass is 15.1. The van der Waals surface area contributed by atoms with Crippen molar-refractivity contribution < 1.29 is 0 Å². The Balaban J connectivity index is 1.21. The minimum atomic E-state index is 1.09. The number of hydrogen-bond donors (Lipinski definition) is 0. The maximum atomic E-state index is 2.48. The monoisotopic (exact) mass is 749 g/mol. The Morgan fingerprint density at radius 3 is 1.17 bits per heavy atom. The highest BCUT2D eigenvalue weighted by molar-refractivity contribution is 6.16. The predicted molar refractivity (Wildman–Crippen MR) is 253 cm³/mol. The highest BCUT2D eigenvalue weighted by Gasteiger charge is 2.22. The molecule has 0 atom stereocenters. The second-order valence-electron chi connectivity index (χ2n) is 15.2. The van der Waals surface area contributed by atoms with Gasteiger partial charge < -0.3 is 4.90 Å². The van der Waals surface area contributed by atoms with E-state index in [1.165, 1.54) is 87.6 Å². The van der Waals surface area contributed by atoms with Crippen LogP contribution in [0.5, 0.6) is 0 Å². The van der Waals surface area contributed by atoms with Crippen LogP contribution in [0.1, 0.15) is 0 Å². The third-order valence-electron chi connectivity index (χ3n) is 11.8. The molecule has 1 heteroatoms. The van der Waals surface area contributed by atoms with Crippen LogP contribution in [0.2, 0.25) is 0 Å². The average Bonchev–Trinajstić information content (AvgIpc) is 3.32. The molecule has 0 N–H and O–H groups in total. The van der Waals surface area contributed by atoms with Gasteiger partial charge in [0.05, 0.1) is 5.69 Å². The lowest BCUT2D eigenvalue weighted by Crippen LogP contribution is -2.11. The minimum absolute atomic E-state index is 1.09. The van der Waals surface area contributed by atoms with Gasteiger partial charge in [0.1, 0.15) is 0 Å². The molecule has 0 aliphatic heterocycles. The van der Waals surface area contributed by atoms with Gasteiger partial charge in [-0.2, -0.15) is 0 Å². The molecule has 0 spiro atoms. The third kappa shape index (κ3) is 6.12. The van der Waals surface area contributed by atoms with Crippen molar-refractivity contribution in [1.29, 1.82) is 0 Å². The molecule has 0 aliphatic rings. The van der Waals surface area contributed by atoms with E-state index in [4.69, 9.17) is 0 Å². The number of nitrogens with zero attached hydrogens (tertiary/aromatic N) is 1. The molecule has 0 heterocycles. The number of hydrogen-bond acceptors (Lipinski definition) is 1. The van der Waals surface area contributed by atoms with Gasteiger partial charge in [0.25, 0.3) is 0 Å². The van der Waals surface area contributed by atoms with Gasteiger partial charge in [0, 0.05) is 16.8 Å². The molecule has 59 heavy (non-hydrogen) atoms. The normalized spacial score (nSPS) is 11.4. The molecule has 0 amide bonds. The lowest BCUT2D eigenvalue weighted by atomic mass is 9.88. The SMILES string of the molecule is c1ccc(-c2ccc(N(c3ccc(-c4cc5ccccc5c5ccccc45)c(-c4ccccc4)c3)c3cc4ccccc4c4ccccc34)cc2-c2ccccc2)cc1. The van der Waals surface area contributed by atoms with Gasteiger partial charge >= 0.3 is 0 Å². The van der Waals surface area contributed by atoms with Crippen LogP contribution >= 0.6 is 0 Å². The lowest BCUT2D eigenvalue weighted by molar-refractivity contribution is 1.30. The van der Waals surface area contributed by atoms with Gasteiger partial charge in [-0.15, -0.1) is 0 Å². The molecule has 0 saturated heterocycles. The summed E-state index contributed by atoms with van der Waals surface area (Å²) in [6, 6.07) is 86.4. The topological polar surface area (TPSA) is 3.24 Å². The first-order valence-electron chi connectivity index (χ1n) is 20.3. The predicted octanol–water partition coefficient (Wildman–Crippen LogP) is 16.4. The number of fused-ring (bicyclic) bond motifs is 6. The van der Waals surface area contributed by atoms with E-state index < -0.39 is 0 Å². The molecule has 276 valence electrons. The molecular formula is C58H39N.